The number of carbonyl (C=O) groups is 1. The monoisotopic (exact) mass is 403 g/mol. The number of ether oxygens (including phenoxy) is 1. The molecule has 150 valence electrons. The molecule has 0 spiro atoms. The number of H-pyrrole nitrogens is 1. The van der Waals surface area contributed by atoms with Crippen molar-refractivity contribution in [2.45, 2.75) is 18.6 Å². The highest BCUT2D eigenvalue weighted by molar-refractivity contribution is 6.13. The molecule has 1 aromatic carbocycles. The summed E-state index contributed by atoms with van der Waals surface area (Å²) in [5.74, 6) is -0.650. The SMILES string of the molecule is N#Cc1ccc2c(c1)[nH]c1c(NC3COC3)c(C(=O)NCCC(F)(F)F)cnc12. The van der Waals surface area contributed by atoms with Gasteiger partial charge in [-0.1, -0.05) is 0 Å². The predicted octanol–water partition coefficient (Wildman–Crippen LogP) is 3.08. The zero-order valence-electron chi connectivity index (χ0n) is 15.1. The first-order valence-electron chi connectivity index (χ1n) is 8.89. The van der Waals surface area contributed by atoms with Crippen molar-refractivity contribution in [1.82, 2.24) is 15.3 Å². The molecule has 1 aliphatic rings. The van der Waals surface area contributed by atoms with Crippen LogP contribution < -0.4 is 10.6 Å². The fraction of sp³-hybridized carbons (Fsp3) is 0.316. The summed E-state index contributed by atoms with van der Waals surface area (Å²) < 4.78 is 42.3. The van der Waals surface area contributed by atoms with Crippen molar-refractivity contribution in [3.05, 3.63) is 35.5 Å². The molecule has 4 rings (SSSR count). The molecule has 7 nitrogen and oxygen atoms in total. The minimum Gasteiger partial charge on any atom is -0.377 e. The summed E-state index contributed by atoms with van der Waals surface area (Å²) in [4.78, 5) is 20.1. The van der Waals surface area contributed by atoms with Crippen LogP contribution in [0.4, 0.5) is 18.9 Å². The number of halogens is 3. The second-order valence-corrected chi connectivity index (χ2v) is 6.77. The average Bonchev–Trinajstić information content (AvgIpc) is 3.01. The maximum Gasteiger partial charge on any atom is 0.390 e. The van der Waals surface area contributed by atoms with Gasteiger partial charge in [0.05, 0.1) is 59.6 Å². The standard InChI is InChI=1S/C19H16F3N5O2/c20-19(21,22)3-4-24-18(28)13-7-25-15-12-2-1-10(6-23)5-14(12)27-17(15)16(13)26-11-8-29-9-11/h1-2,5,7,11,27H,3-4,8-9H2,(H,24,28)(H,25,26). The fourth-order valence-corrected chi connectivity index (χ4v) is 3.15. The van der Waals surface area contributed by atoms with E-state index in [2.05, 4.69) is 26.7 Å². The molecule has 0 aliphatic carbocycles. The zero-order chi connectivity index (χ0) is 20.6. The number of nitrogens with zero attached hydrogens (tertiary/aromatic N) is 2. The van der Waals surface area contributed by atoms with Crippen LogP contribution in [0.1, 0.15) is 22.3 Å². The molecule has 0 atom stereocenters. The van der Waals surface area contributed by atoms with Gasteiger partial charge in [-0.25, -0.2) is 0 Å². The lowest BCUT2D eigenvalue weighted by Gasteiger charge is -2.28. The van der Waals surface area contributed by atoms with Gasteiger partial charge in [0.15, 0.2) is 0 Å². The van der Waals surface area contributed by atoms with Gasteiger partial charge in [-0.3, -0.25) is 9.78 Å². The van der Waals surface area contributed by atoms with Crippen LogP contribution in [0.15, 0.2) is 24.4 Å². The van der Waals surface area contributed by atoms with Crippen molar-refractivity contribution in [2.75, 3.05) is 25.1 Å². The Bertz CT molecular complexity index is 1130. The van der Waals surface area contributed by atoms with Crippen molar-refractivity contribution < 1.29 is 22.7 Å². The molecule has 0 radical (unpaired) electrons. The predicted molar refractivity (Wildman–Crippen MR) is 99.5 cm³/mol. The lowest BCUT2D eigenvalue weighted by Crippen LogP contribution is -2.41. The Morgan fingerprint density at radius 1 is 1.38 bits per heavy atom. The Kier molecular flexibility index (Phi) is 4.76. The second-order valence-electron chi connectivity index (χ2n) is 6.77. The second kappa shape index (κ2) is 7.25. The van der Waals surface area contributed by atoms with Gasteiger partial charge >= 0.3 is 6.18 Å². The van der Waals surface area contributed by atoms with E-state index in [1.165, 1.54) is 6.20 Å². The van der Waals surface area contributed by atoms with E-state index >= 15 is 0 Å². The van der Waals surface area contributed by atoms with Crippen LogP contribution >= 0.6 is 0 Å². The molecule has 29 heavy (non-hydrogen) atoms. The molecule has 3 N–H and O–H groups in total. The molecule has 0 unspecified atom stereocenters. The van der Waals surface area contributed by atoms with Gasteiger partial charge in [0.1, 0.15) is 0 Å². The van der Waals surface area contributed by atoms with E-state index in [0.717, 1.165) is 5.39 Å². The number of amides is 1. The minimum absolute atomic E-state index is 0.0246. The summed E-state index contributed by atoms with van der Waals surface area (Å²) >= 11 is 0. The Labute approximate surface area is 162 Å². The highest BCUT2D eigenvalue weighted by Gasteiger charge is 2.28. The topological polar surface area (TPSA) is 103 Å². The number of hydrogen-bond donors (Lipinski definition) is 3. The first-order valence-corrected chi connectivity index (χ1v) is 8.89. The van der Waals surface area contributed by atoms with Gasteiger partial charge in [-0.2, -0.15) is 18.4 Å². The molecule has 0 saturated carbocycles. The molecule has 1 amide bonds. The van der Waals surface area contributed by atoms with Crippen LogP contribution in [0.25, 0.3) is 21.9 Å². The molecule has 10 heteroatoms. The van der Waals surface area contributed by atoms with Crippen molar-refractivity contribution in [3.8, 4) is 6.07 Å². The highest BCUT2D eigenvalue weighted by atomic mass is 19.4. The highest BCUT2D eigenvalue weighted by Crippen LogP contribution is 2.32. The quantitative estimate of drug-likeness (QED) is 0.608. The summed E-state index contributed by atoms with van der Waals surface area (Å²) in [6, 6.07) is 7.15. The molecule has 1 fully saturated rings. The molecule has 1 aliphatic heterocycles. The number of anilines is 1. The van der Waals surface area contributed by atoms with E-state index in [9.17, 15) is 18.0 Å². The van der Waals surface area contributed by atoms with Crippen molar-refractivity contribution in [1.29, 1.82) is 5.26 Å². The number of benzene rings is 1. The third kappa shape index (κ3) is 3.82. The minimum atomic E-state index is -4.35. The summed E-state index contributed by atoms with van der Waals surface area (Å²) in [5.41, 5.74) is 2.87. The molecular formula is C19H16F3N5O2. The van der Waals surface area contributed by atoms with E-state index in [4.69, 9.17) is 10.00 Å². The number of pyridine rings is 1. The summed E-state index contributed by atoms with van der Waals surface area (Å²) in [6.07, 6.45) is -4.12. The van der Waals surface area contributed by atoms with Gasteiger partial charge < -0.3 is 20.4 Å². The smallest absolute Gasteiger partial charge is 0.377 e. The van der Waals surface area contributed by atoms with Gasteiger partial charge in [0.2, 0.25) is 0 Å². The van der Waals surface area contributed by atoms with E-state index in [1.807, 2.05) is 0 Å². The Hall–Kier alpha value is -3.32. The maximum absolute atomic E-state index is 12.6. The summed E-state index contributed by atoms with van der Waals surface area (Å²) in [7, 11) is 0. The van der Waals surface area contributed by atoms with Crippen molar-refractivity contribution in [2.24, 2.45) is 0 Å². The molecule has 1 saturated heterocycles. The van der Waals surface area contributed by atoms with Gasteiger partial charge in [0.25, 0.3) is 5.91 Å². The number of carbonyl (C=O) groups excluding carboxylic acids is 1. The Morgan fingerprint density at radius 2 is 2.17 bits per heavy atom. The van der Waals surface area contributed by atoms with Crippen molar-refractivity contribution in [3.63, 3.8) is 0 Å². The number of fused-ring (bicyclic) bond motifs is 3. The van der Waals surface area contributed by atoms with Crippen molar-refractivity contribution >= 4 is 33.5 Å². The third-order valence-electron chi connectivity index (χ3n) is 4.67. The third-order valence-corrected chi connectivity index (χ3v) is 4.67. The number of rotatable bonds is 5. The van der Waals surface area contributed by atoms with Crippen LogP contribution in [0.2, 0.25) is 0 Å². The van der Waals surface area contributed by atoms with Gasteiger partial charge in [0, 0.05) is 23.6 Å². The van der Waals surface area contributed by atoms with E-state index in [-0.39, 0.29) is 11.6 Å². The lowest BCUT2D eigenvalue weighted by atomic mass is 10.1. The van der Waals surface area contributed by atoms with Crippen LogP contribution in [0.5, 0.6) is 0 Å². The first-order chi connectivity index (χ1) is 13.9. The van der Waals surface area contributed by atoms with E-state index < -0.39 is 25.0 Å². The number of nitriles is 1. The first kappa shape index (κ1) is 19.0. The lowest BCUT2D eigenvalue weighted by molar-refractivity contribution is -0.132. The number of aromatic amines is 1. The van der Waals surface area contributed by atoms with Crippen LogP contribution in [-0.4, -0.2) is 47.9 Å². The van der Waals surface area contributed by atoms with Crippen LogP contribution in [-0.2, 0) is 4.74 Å². The van der Waals surface area contributed by atoms with Crippen LogP contribution in [0, 0.1) is 11.3 Å². The number of hydrogen-bond acceptors (Lipinski definition) is 5. The normalized spacial score (nSPS) is 14.6. The van der Waals surface area contributed by atoms with Gasteiger partial charge in [-0.05, 0) is 18.2 Å². The average molecular weight is 403 g/mol. The number of alkyl halides is 3. The van der Waals surface area contributed by atoms with Crippen LogP contribution in [0.3, 0.4) is 0 Å². The molecule has 3 aromatic rings. The molecule has 2 aromatic heterocycles. The zero-order valence-corrected chi connectivity index (χ0v) is 15.1. The fourth-order valence-electron chi connectivity index (χ4n) is 3.15. The Morgan fingerprint density at radius 3 is 2.83 bits per heavy atom. The summed E-state index contributed by atoms with van der Waals surface area (Å²) in [6.45, 7) is 0.389. The number of aromatic nitrogens is 2. The Balaban J connectivity index is 1.74. The molecule has 0 bridgehead atoms. The molecule has 3 heterocycles. The largest absolute Gasteiger partial charge is 0.390 e. The van der Waals surface area contributed by atoms with Gasteiger partial charge in [-0.15, -0.1) is 0 Å². The maximum atomic E-state index is 12.6. The number of nitrogens with one attached hydrogen (secondary N) is 3. The van der Waals surface area contributed by atoms with E-state index in [0.29, 0.717) is 41.0 Å². The molecular weight excluding hydrogens is 387 g/mol. The van der Waals surface area contributed by atoms with E-state index in [1.54, 1.807) is 18.2 Å². The summed E-state index contributed by atoms with van der Waals surface area (Å²) in [5, 5.41) is 15.4.